The first-order valence-corrected chi connectivity index (χ1v) is 10.0. The van der Waals surface area contributed by atoms with Crippen molar-refractivity contribution < 1.29 is 4.79 Å². The maximum absolute atomic E-state index is 12.1. The van der Waals surface area contributed by atoms with E-state index in [4.69, 9.17) is 0 Å². The lowest BCUT2D eigenvalue weighted by Crippen LogP contribution is -2.42. The summed E-state index contributed by atoms with van der Waals surface area (Å²) in [5.41, 5.74) is 1.74. The number of rotatable bonds is 7. The molecule has 0 unspecified atom stereocenters. The number of hydrogen-bond donors (Lipinski definition) is 3. The number of guanidine groups is 1. The molecule has 0 saturated heterocycles. The summed E-state index contributed by atoms with van der Waals surface area (Å²) in [6.07, 6.45) is 0.861. The molecule has 0 aliphatic heterocycles. The molecule has 1 amide bonds. The van der Waals surface area contributed by atoms with Crippen molar-refractivity contribution in [1.82, 2.24) is 20.9 Å². The SMILES string of the molecule is CN=C(NCCNC(=O)c1cccc(Br)c1)NCCc1nc(C)c(C)s1. The van der Waals surface area contributed by atoms with E-state index in [1.165, 1.54) is 4.88 Å². The fourth-order valence-electron chi connectivity index (χ4n) is 2.24. The molecule has 8 heteroatoms. The highest BCUT2D eigenvalue weighted by atomic mass is 79.9. The number of amides is 1. The molecule has 0 atom stereocenters. The Morgan fingerprint density at radius 3 is 2.58 bits per heavy atom. The normalized spacial score (nSPS) is 11.3. The summed E-state index contributed by atoms with van der Waals surface area (Å²) in [5, 5.41) is 10.5. The van der Waals surface area contributed by atoms with Crippen molar-refractivity contribution in [2.45, 2.75) is 20.3 Å². The van der Waals surface area contributed by atoms with Crippen LogP contribution in [0.1, 0.15) is 25.9 Å². The molecule has 3 N–H and O–H groups in total. The van der Waals surface area contributed by atoms with Gasteiger partial charge in [0.1, 0.15) is 0 Å². The molecule has 0 aliphatic carbocycles. The topological polar surface area (TPSA) is 78.4 Å². The minimum absolute atomic E-state index is 0.0921. The number of halogens is 1. The fraction of sp³-hybridized carbons (Fsp3) is 0.389. The predicted molar refractivity (Wildman–Crippen MR) is 111 cm³/mol. The highest BCUT2D eigenvalue weighted by Gasteiger charge is 2.06. The van der Waals surface area contributed by atoms with E-state index in [0.29, 0.717) is 24.6 Å². The summed E-state index contributed by atoms with van der Waals surface area (Å²) in [6, 6.07) is 7.32. The Hall–Kier alpha value is -1.93. The third-order valence-electron chi connectivity index (χ3n) is 3.72. The van der Waals surface area contributed by atoms with Gasteiger partial charge in [0.15, 0.2) is 5.96 Å². The minimum Gasteiger partial charge on any atom is -0.356 e. The molecule has 1 heterocycles. The Labute approximate surface area is 166 Å². The molecule has 0 bridgehead atoms. The standard InChI is InChI=1S/C18H24BrN5OS/c1-12-13(2)26-16(24-12)7-8-22-18(20-3)23-10-9-21-17(25)14-5-4-6-15(19)11-14/h4-6,11H,7-10H2,1-3H3,(H,21,25)(H2,20,22,23). The fourth-order valence-corrected chi connectivity index (χ4v) is 3.58. The number of aromatic nitrogens is 1. The van der Waals surface area contributed by atoms with E-state index in [9.17, 15) is 4.79 Å². The molecule has 2 aromatic rings. The van der Waals surface area contributed by atoms with Crippen molar-refractivity contribution >= 4 is 39.1 Å². The molecule has 6 nitrogen and oxygen atoms in total. The maximum Gasteiger partial charge on any atom is 0.251 e. The quantitative estimate of drug-likeness (QED) is 0.353. The van der Waals surface area contributed by atoms with Crippen LogP contribution >= 0.6 is 27.3 Å². The Bertz CT molecular complexity index is 755. The van der Waals surface area contributed by atoms with Gasteiger partial charge in [0.05, 0.1) is 10.7 Å². The van der Waals surface area contributed by atoms with Gasteiger partial charge in [-0.2, -0.15) is 0 Å². The Balaban J connectivity index is 1.66. The van der Waals surface area contributed by atoms with Gasteiger partial charge in [-0.1, -0.05) is 22.0 Å². The largest absolute Gasteiger partial charge is 0.356 e. The molecule has 0 saturated carbocycles. The molecule has 0 radical (unpaired) electrons. The second kappa shape index (κ2) is 10.3. The van der Waals surface area contributed by atoms with Gasteiger partial charge < -0.3 is 16.0 Å². The maximum atomic E-state index is 12.1. The zero-order valence-corrected chi connectivity index (χ0v) is 17.6. The number of carbonyl (C=O) groups excluding carboxylic acids is 1. The summed E-state index contributed by atoms with van der Waals surface area (Å²) >= 11 is 5.10. The number of nitrogens with zero attached hydrogens (tertiary/aromatic N) is 2. The molecule has 0 fully saturated rings. The van der Waals surface area contributed by atoms with Gasteiger partial charge in [0.25, 0.3) is 5.91 Å². The molecule has 0 aliphatic rings. The van der Waals surface area contributed by atoms with Crippen LogP contribution in [0, 0.1) is 13.8 Å². The number of aliphatic imine (C=N–C) groups is 1. The summed E-state index contributed by atoms with van der Waals surface area (Å²) < 4.78 is 0.887. The van der Waals surface area contributed by atoms with E-state index >= 15 is 0 Å². The van der Waals surface area contributed by atoms with Crippen molar-refractivity contribution in [2.75, 3.05) is 26.7 Å². The first-order chi connectivity index (χ1) is 12.5. The zero-order valence-electron chi connectivity index (χ0n) is 15.2. The average molecular weight is 438 g/mol. The predicted octanol–water partition coefficient (Wildman–Crippen LogP) is 2.66. The van der Waals surface area contributed by atoms with Crippen molar-refractivity contribution in [2.24, 2.45) is 4.99 Å². The minimum atomic E-state index is -0.0921. The summed E-state index contributed by atoms with van der Waals surface area (Å²) in [7, 11) is 1.73. The third kappa shape index (κ3) is 6.42. The van der Waals surface area contributed by atoms with E-state index in [2.05, 4.69) is 48.8 Å². The summed E-state index contributed by atoms with van der Waals surface area (Å²) in [6.45, 7) is 5.99. The lowest BCUT2D eigenvalue weighted by atomic mass is 10.2. The molecule has 26 heavy (non-hydrogen) atoms. The smallest absolute Gasteiger partial charge is 0.251 e. The molecule has 0 spiro atoms. The van der Waals surface area contributed by atoms with Gasteiger partial charge in [0, 0.05) is 48.0 Å². The number of carbonyl (C=O) groups is 1. The second-order valence-corrected chi connectivity index (χ2v) is 7.89. The number of benzene rings is 1. The second-order valence-electron chi connectivity index (χ2n) is 5.69. The van der Waals surface area contributed by atoms with Crippen molar-refractivity contribution in [3.8, 4) is 0 Å². The summed E-state index contributed by atoms with van der Waals surface area (Å²) in [5.74, 6) is 0.622. The molecule has 1 aromatic heterocycles. The molecule has 1 aromatic carbocycles. The van der Waals surface area contributed by atoms with Crippen LogP contribution in [0.3, 0.4) is 0 Å². The Morgan fingerprint density at radius 1 is 1.19 bits per heavy atom. The highest BCUT2D eigenvalue weighted by Crippen LogP contribution is 2.16. The van der Waals surface area contributed by atoms with Crippen LogP contribution in [-0.4, -0.2) is 43.5 Å². The molecule has 2 rings (SSSR count). The van der Waals surface area contributed by atoms with Crippen molar-refractivity contribution in [3.05, 3.63) is 49.9 Å². The van der Waals surface area contributed by atoms with E-state index in [-0.39, 0.29) is 5.91 Å². The highest BCUT2D eigenvalue weighted by molar-refractivity contribution is 9.10. The number of thiazole rings is 1. The molecule has 140 valence electrons. The van der Waals surface area contributed by atoms with Crippen LogP contribution in [-0.2, 0) is 6.42 Å². The van der Waals surface area contributed by atoms with Gasteiger partial charge in [-0.25, -0.2) is 4.98 Å². The van der Waals surface area contributed by atoms with Gasteiger partial charge in [-0.3, -0.25) is 9.79 Å². The van der Waals surface area contributed by atoms with Crippen molar-refractivity contribution in [1.29, 1.82) is 0 Å². The van der Waals surface area contributed by atoms with Crippen LogP contribution in [0.15, 0.2) is 33.7 Å². The van der Waals surface area contributed by atoms with Gasteiger partial charge >= 0.3 is 0 Å². The first kappa shape index (κ1) is 20.4. The van der Waals surface area contributed by atoms with Crippen LogP contribution in [0.4, 0.5) is 0 Å². The van der Waals surface area contributed by atoms with Crippen LogP contribution < -0.4 is 16.0 Å². The van der Waals surface area contributed by atoms with Gasteiger partial charge in [-0.15, -0.1) is 11.3 Å². The first-order valence-electron chi connectivity index (χ1n) is 8.40. The summed E-state index contributed by atoms with van der Waals surface area (Å²) in [4.78, 5) is 22.0. The third-order valence-corrected chi connectivity index (χ3v) is 5.34. The lowest BCUT2D eigenvalue weighted by Gasteiger charge is -2.12. The monoisotopic (exact) mass is 437 g/mol. The van der Waals surface area contributed by atoms with E-state index in [1.807, 2.05) is 19.1 Å². The Morgan fingerprint density at radius 2 is 1.92 bits per heavy atom. The molecular formula is C18H24BrN5OS. The lowest BCUT2D eigenvalue weighted by molar-refractivity contribution is 0.0954. The van der Waals surface area contributed by atoms with E-state index < -0.39 is 0 Å². The number of hydrogen-bond acceptors (Lipinski definition) is 4. The number of aryl methyl sites for hydroxylation is 2. The van der Waals surface area contributed by atoms with Crippen LogP contribution in [0.2, 0.25) is 0 Å². The van der Waals surface area contributed by atoms with E-state index in [0.717, 1.165) is 28.1 Å². The molecular weight excluding hydrogens is 414 g/mol. The van der Waals surface area contributed by atoms with Crippen molar-refractivity contribution in [3.63, 3.8) is 0 Å². The van der Waals surface area contributed by atoms with Gasteiger partial charge in [0.2, 0.25) is 0 Å². The van der Waals surface area contributed by atoms with Crippen LogP contribution in [0.5, 0.6) is 0 Å². The van der Waals surface area contributed by atoms with Crippen LogP contribution in [0.25, 0.3) is 0 Å². The zero-order chi connectivity index (χ0) is 18.9. The van der Waals surface area contributed by atoms with E-state index in [1.54, 1.807) is 30.5 Å². The van der Waals surface area contributed by atoms with Gasteiger partial charge in [-0.05, 0) is 32.0 Å². The number of nitrogens with one attached hydrogen (secondary N) is 3. The average Bonchev–Trinajstić information content (AvgIpc) is 2.94. The Kier molecular flexibility index (Phi) is 8.06.